The molecule has 0 bridgehead atoms. The molecule has 5 nitrogen and oxygen atoms in total. The van der Waals surface area contributed by atoms with E-state index in [1.54, 1.807) is 50.2 Å². The predicted molar refractivity (Wildman–Crippen MR) is 71.8 cm³/mol. The van der Waals surface area contributed by atoms with Crippen LogP contribution in [-0.4, -0.2) is 16.8 Å². The lowest BCUT2D eigenvalue weighted by Gasteiger charge is -2.04. The van der Waals surface area contributed by atoms with Crippen LogP contribution in [0.4, 0.5) is 5.69 Å². The molecule has 2 aromatic rings. The molecule has 0 aliphatic rings. The molecule has 5 heteroatoms. The SMILES string of the molecule is C/C(=N\O)c1ccc(NC(=O)c2ccc(C)o2)cc1. The van der Waals surface area contributed by atoms with Gasteiger partial charge in [0.25, 0.3) is 5.91 Å². The van der Waals surface area contributed by atoms with E-state index in [1.807, 2.05) is 0 Å². The molecule has 0 unspecified atom stereocenters. The molecule has 0 radical (unpaired) electrons. The summed E-state index contributed by atoms with van der Waals surface area (Å²) < 4.78 is 5.23. The van der Waals surface area contributed by atoms with Gasteiger partial charge in [0.05, 0.1) is 5.71 Å². The number of carbonyl (C=O) groups is 1. The van der Waals surface area contributed by atoms with Crippen molar-refractivity contribution in [1.82, 2.24) is 0 Å². The number of nitrogens with one attached hydrogen (secondary N) is 1. The van der Waals surface area contributed by atoms with Crippen LogP contribution in [0.15, 0.2) is 46.0 Å². The largest absolute Gasteiger partial charge is 0.456 e. The molecule has 1 aromatic carbocycles. The zero-order valence-corrected chi connectivity index (χ0v) is 10.7. The van der Waals surface area contributed by atoms with Crippen molar-refractivity contribution in [1.29, 1.82) is 0 Å². The summed E-state index contributed by atoms with van der Waals surface area (Å²) in [5.74, 6) is 0.665. The predicted octanol–water partition coefficient (Wildman–Crippen LogP) is 3.04. The summed E-state index contributed by atoms with van der Waals surface area (Å²) >= 11 is 0. The van der Waals surface area contributed by atoms with E-state index in [0.29, 0.717) is 17.2 Å². The minimum absolute atomic E-state index is 0.273. The van der Waals surface area contributed by atoms with Crippen LogP contribution in [0.5, 0.6) is 0 Å². The third kappa shape index (κ3) is 3.01. The van der Waals surface area contributed by atoms with Gasteiger partial charge in [-0.25, -0.2) is 0 Å². The van der Waals surface area contributed by atoms with Crippen molar-refractivity contribution in [2.24, 2.45) is 5.16 Å². The van der Waals surface area contributed by atoms with Gasteiger partial charge in [0, 0.05) is 5.69 Å². The molecule has 0 saturated carbocycles. The Morgan fingerprint density at radius 2 is 1.89 bits per heavy atom. The molecule has 0 aliphatic carbocycles. The number of amides is 1. The number of hydrogen-bond acceptors (Lipinski definition) is 4. The van der Waals surface area contributed by atoms with Crippen molar-refractivity contribution < 1.29 is 14.4 Å². The second-order valence-electron chi connectivity index (χ2n) is 4.13. The summed E-state index contributed by atoms with van der Waals surface area (Å²) in [6.45, 7) is 3.47. The van der Waals surface area contributed by atoms with E-state index in [4.69, 9.17) is 9.62 Å². The zero-order chi connectivity index (χ0) is 13.8. The fraction of sp³-hybridized carbons (Fsp3) is 0.143. The monoisotopic (exact) mass is 258 g/mol. The number of furan rings is 1. The van der Waals surface area contributed by atoms with Crippen molar-refractivity contribution in [2.75, 3.05) is 5.32 Å². The quantitative estimate of drug-likeness (QED) is 0.504. The number of aryl methyl sites for hydroxylation is 1. The third-order valence-corrected chi connectivity index (χ3v) is 2.67. The number of rotatable bonds is 3. The molecular weight excluding hydrogens is 244 g/mol. The standard InChI is InChI=1S/C14H14N2O3/c1-9-3-8-13(19-9)14(17)15-12-6-4-11(5-7-12)10(2)16-18/h3-8,18H,1-2H3,(H,15,17)/b16-10+. The van der Waals surface area contributed by atoms with E-state index >= 15 is 0 Å². The Kier molecular flexibility index (Phi) is 3.66. The Bertz CT molecular complexity index is 612. The average Bonchev–Trinajstić information content (AvgIpc) is 2.85. The first-order valence-electron chi connectivity index (χ1n) is 5.77. The van der Waals surface area contributed by atoms with Gasteiger partial charge in [0.2, 0.25) is 0 Å². The number of carbonyl (C=O) groups excluding carboxylic acids is 1. The van der Waals surface area contributed by atoms with Crippen LogP contribution in [-0.2, 0) is 0 Å². The lowest BCUT2D eigenvalue weighted by Crippen LogP contribution is -2.10. The number of nitrogens with zero attached hydrogens (tertiary/aromatic N) is 1. The average molecular weight is 258 g/mol. The fourth-order valence-corrected chi connectivity index (χ4v) is 1.60. The molecule has 1 heterocycles. The number of hydrogen-bond donors (Lipinski definition) is 2. The van der Waals surface area contributed by atoms with Gasteiger partial charge in [0.1, 0.15) is 5.76 Å². The molecule has 1 aromatic heterocycles. The molecule has 1 amide bonds. The summed E-state index contributed by atoms with van der Waals surface area (Å²) in [4.78, 5) is 11.8. The van der Waals surface area contributed by atoms with E-state index in [0.717, 1.165) is 5.56 Å². The lowest BCUT2D eigenvalue weighted by atomic mass is 10.1. The fourth-order valence-electron chi connectivity index (χ4n) is 1.60. The van der Waals surface area contributed by atoms with E-state index in [9.17, 15) is 4.79 Å². The van der Waals surface area contributed by atoms with Crippen LogP contribution in [0.25, 0.3) is 0 Å². The molecule has 0 saturated heterocycles. The van der Waals surface area contributed by atoms with Gasteiger partial charge in [-0.15, -0.1) is 0 Å². The highest BCUT2D eigenvalue weighted by Crippen LogP contribution is 2.13. The maximum Gasteiger partial charge on any atom is 0.291 e. The van der Waals surface area contributed by atoms with Gasteiger partial charge in [-0.2, -0.15) is 0 Å². The van der Waals surface area contributed by atoms with E-state index in [2.05, 4.69) is 10.5 Å². The highest BCUT2D eigenvalue weighted by atomic mass is 16.4. The number of oxime groups is 1. The third-order valence-electron chi connectivity index (χ3n) is 2.67. The van der Waals surface area contributed by atoms with E-state index in [-0.39, 0.29) is 11.7 Å². The smallest absolute Gasteiger partial charge is 0.291 e. The van der Waals surface area contributed by atoms with Crippen LogP contribution in [0.1, 0.15) is 28.8 Å². The first-order valence-corrected chi connectivity index (χ1v) is 5.77. The highest BCUT2D eigenvalue weighted by Gasteiger charge is 2.10. The summed E-state index contributed by atoms with van der Waals surface area (Å²) in [5.41, 5.74) is 1.95. The van der Waals surface area contributed by atoms with Crippen LogP contribution in [0.2, 0.25) is 0 Å². The molecule has 2 rings (SSSR count). The highest BCUT2D eigenvalue weighted by molar-refractivity contribution is 6.03. The molecule has 0 aliphatic heterocycles. The Morgan fingerprint density at radius 3 is 2.42 bits per heavy atom. The summed E-state index contributed by atoms with van der Waals surface area (Å²) in [7, 11) is 0. The first kappa shape index (κ1) is 12.9. The Morgan fingerprint density at radius 1 is 1.21 bits per heavy atom. The molecule has 0 atom stereocenters. The van der Waals surface area contributed by atoms with Gasteiger partial charge < -0.3 is 14.9 Å². The summed E-state index contributed by atoms with van der Waals surface area (Å²) in [6.07, 6.45) is 0. The van der Waals surface area contributed by atoms with Crippen molar-refractivity contribution in [3.63, 3.8) is 0 Å². The maximum absolute atomic E-state index is 11.8. The Hall–Kier alpha value is -2.56. The topological polar surface area (TPSA) is 74.8 Å². The molecule has 0 spiro atoms. The second kappa shape index (κ2) is 5.39. The van der Waals surface area contributed by atoms with Gasteiger partial charge in [-0.05, 0) is 43.7 Å². The summed E-state index contributed by atoms with van der Waals surface area (Å²) in [6, 6.07) is 10.4. The zero-order valence-electron chi connectivity index (χ0n) is 10.7. The van der Waals surface area contributed by atoms with E-state index in [1.165, 1.54) is 0 Å². The Labute approximate surface area is 110 Å². The Balaban J connectivity index is 2.10. The van der Waals surface area contributed by atoms with Crippen molar-refractivity contribution in [3.05, 3.63) is 53.5 Å². The van der Waals surface area contributed by atoms with Crippen LogP contribution < -0.4 is 5.32 Å². The minimum atomic E-state index is -0.298. The summed E-state index contributed by atoms with van der Waals surface area (Å²) in [5, 5.41) is 14.5. The second-order valence-corrected chi connectivity index (χ2v) is 4.13. The normalized spacial score (nSPS) is 11.4. The lowest BCUT2D eigenvalue weighted by molar-refractivity contribution is 0.0995. The van der Waals surface area contributed by atoms with Gasteiger partial charge >= 0.3 is 0 Å². The first-order chi connectivity index (χ1) is 9.10. The molecule has 19 heavy (non-hydrogen) atoms. The van der Waals surface area contributed by atoms with Gasteiger partial charge in [-0.3, -0.25) is 4.79 Å². The van der Waals surface area contributed by atoms with Crippen LogP contribution >= 0.6 is 0 Å². The van der Waals surface area contributed by atoms with E-state index < -0.39 is 0 Å². The molecular formula is C14H14N2O3. The molecule has 98 valence electrons. The molecule has 0 fully saturated rings. The van der Waals surface area contributed by atoms with Crippen LogP contribution in [0.3, 0.4) is 0 Å². The van der Waals surface area contributed by atoms with Gasteiger partial charge in [0.15, 0.2) is 5.76 Å². The number of anilines is 1. The molecule has 2 N–H and O–H groups in total. The van der Waals surface area contributed by atoms with Gasteiger partial charge in [-0.1, -0.05) is 17.3 Å². The van der Waals surface area contributed by atoms with Crippen molar-refractivity contribution in [3.8, 4) is 0 Å². The van der Waals surface area contributed by atoms with Crippen molar-refractivity contribution in [2.45, 2.75) is 13.8 Å². The van der Waals surface area contributed by atoms with Crippen molar-refractivity contribution >= 4 is 17.3 Å². The van der Waals surface area contributed by atoms with Crippen LogP contribution in [0, 0.1) is 6.92 Å². The maximum atomic E-state index is 11.8. The number of benzene rings is 1. The minimum Gasteiger partial charge on any atom is -0.456 e.